The van der Waals surface area contributed by atoms with Gasteiger partial charge in [-0.3, -0.25) is 4.79 Å². The summed E-state index contributed by atoms with van der Waals surface area (Å²) in [6.07, 6.45) is 2.33. The van der Waals surface area contributed by atoms with E-state index in [2.05, 4.69) is 0 Å². The smallest absolute Gasteiger partial charge is 0.303 e. The maximum Gasteiger partial charge on any atom is 0.303 e. The molecule has 2 rings (SSSR count). The highest BCUT2D eigenvalue weighted by Gasteiger charge is 2.43. The Balaban J connectivity index is 1.66. The highest BCUT2D eigenvalue weighted by atomic mass is 35.5. The largest absolute Gasteiger partial charge is 0.491 e. The predicted octanol–water partition coefficient (Wildman–Crippen LogP) is 4.36. The van der Waals surface area contributed by atoms with Crippen LogP contribution in [0.25, 0.3) is 0 Å². The molecule has 0 unspecified atom stereocenters. The Labute approximate surface area is 132 Å². The summed E-state index contributed by atoms with van der Waals surface area (Å²) in [6, 6.07) is 5.14. The predicted molar refractivity (Wildman–Crippen MR) is 83.2 cm³/mol. The Morgan fingerprint density at radius 2 is 2.15 bits per heavy atom. The molecule has 1 aromatic carbocycles. The SMILES string of the molecule is O=C(O)CC1(CSCCOc2ccc(Cl)cc2Cl)CC1. The molecule has 0 radical (unpaired) electrons. The number of carboxylic acid groups (broad SMARTS) is 1. The van der Waals surface area contributed by atoms with Gasteiger partial charge in [0.2, 0.25) is 0 Å². The van der Waals surface area contributed by atoms with Crippen LogP contribution in [0.5, 0.6) is 5.75 Å². The Hall–Kier alpha value is -0.580. The van der Waals surface area contributed by atoms with Crippen LogP contribution in [0.1, 0.15) is 19.3 Å². The van der Waals surface area contributed by atoms with Crippen LogP contribution >= 0.6 is 35.0 Å². The van der Waals surface area contributed by atoms with Crippen LogP contribution in [-0.4, -0.2) is 29.2 Å². The molecule has 0 amide bonds. The van der Waals surface area contributed by atoms with Crippen molar-refractivity contribution >= 4 is 40.9 Å². The molecule has 0 spiro atoms. The van der Waals surface area contributed by atoms with Crippen LogP contribution < -0.4 is 4.74 Å². The van der Waals surface area contributed by atoms with Crippen LogP contribution in [0.3, 0.4) is 0 Å². The molecule has 20 heavy (non-hydrogen) atoms. The third kappa shape index (κ3) is 4.76. The monoisotopic (exact) mass is 334 g/mol. The molecule has 1 N–H and O–H groups in total. The van der Waals surface area contributed by atoms with Gasteiger partial charge in [0.1, 0.15) is 5.75 Å². The molecule has 0 heterocycles. The summed E-state index contributed by atoms with van der Waals surface area (Å²) in [5.74, 6) is 1.63. The average molecular weight is 335 g/mol. The van der Waals surface area contributed by atoms with Crippen molar-refractivity contribution in [2.24, 2.45) is 5.41 Å². The van der Waals surface area contributed by atoms with E-state index in [9.17, 15) is 4.79 Å². The second-order valence-electron chi connectivity index (χ2n) is 5.05. The van der Waals surface area contributed by atoms with E-state index in [0.29, 0.717) is 22.4 Å². The summed E-state index contributed by atoms with van der Waals surface area (Å²) in [5, 5.41) is 9.92. The molecule has 1 aliphatic carbocycles. The van der Waals surface area contributed by atoms with Crippen LogP contribution in [0.15, 0.2) is 18.2 Å². The van der Waals surface area contributed by atoms with Gasteiger partial charge in [0.15, 0.2) is 0 Å². The number of halogens is 2. The summed E-state index contributed by atoms with van der Waals surface area (Å²) in [5.41, 5.74) is 0.0361. The first-order valence-corrected chi connectivity index (χ1v) is 8.29. The first kappa shape index (κ1) is 15.8. The second-order valence-corrected chi connectivity index (χ2v) is 7.00. The summed E-state index contributed by atoms with van der Waals surface area (Å²) in [4.78, 5) is 10.7. The van der Waals surface area contributed by atoms with Crippen LogP contribution in [0.2, 0.25) is 10.0 Å². The fourth-order valence-corrected chi connectivity index (χ4v) is 3.59. The zero-order valence-corrected chi connectivity index (χ0v) is 13.2. The van der Waals surface area contributed by atoms with Crippen molar-refractivity contribution in [3.63, 3.8) is 0 Å². The van der Waals surface area contributed by atoms with Crippen LogP contribution in [0, 0.1) is 5.41 Å². The highest BCUT2D eigenvalue weighted by molar-refractivity contribution is 7.99. The summed E-state index contributed by atoms with van der Waals surface area (Å²) < 4.78 is 5.58. The fourth-order valence-electron chi connectivity index (χ4n) is 1.96. The van der Waals surface area contributed by atoms with E-state index in [1.54, 1.807) is 30.0 Å². The molecule has 3 nitrogen and oxygen atoms in total. The lowest BCUT2D eigenvalue weighted by atomic mass is 10.1. The number of aliphatic carboxylic acids is 1. The number of benzene rings is 1. The normalized spacial score (nSPS) is 15.9. The van der Waals surface area contributed by atoms with E-state index < -0.39 is 5.97 Å². The Kier molecular flexibility index (Phi) is 5.47. The van der Waals surface area contributed by atoms with E-state index in [-0.39, 0.29) is 11.8 Å². The van der Waals surface area contributed by atoms with Crippen molar-refractivity contribution in [2.45, 2.75) is 19.3 Å². The van der Waals surface area contributed by atoms with Gasteiger partial charge in [-0.15, -0.1) is 0 Å². The molecule has 110 valence electrons. The Morgan fingerprint density at radius 1 is 1.40 bits per heavy atom. The number of hydrogen-bond acceptors (Lipinski definition) is 3. The van der Waals surface area contributed by atoms with Gasteiger partial charge in [0.05, 0.1) is 18.1 Å². The van der Waals surface area contributed by atoms with Crippen LogP contribution in [-0.2, 0) is 4.79 Å². The highest BCUT2D eigenvalue weighted by Crippen LogP contribution is 2.50. The first-order valence-electron chi connectivity index (χ1n) is 6.38. The van der Waals surface area contributed by atoms with E-state index in [1.165, 1.54) is 0 Å². The number of ether oxygens (including phenoxy) is 1. The first-order chi connectivity index (χ1) is 9.51. The van der Waals surface area contributed by atoms with E-state index in [0.717, 1.165) is 24.3 Å². The second kappa shape index (κ2) is 6.92. The minimum absolute atomic E-state index is 0.0361. The van der Waals surface area contributed by atoms with Crippen molar-refractivity contribution < 1.29 is 14.6 Å². The molecule has 1 aliphatic rings. The minimum atomic E-state index is -0.702. The van der Waals surface area contributed by atoms with Gasteiger partial charge < -0.3 is 9.84 Å². The van der Waals surface area contributed by atoms with Crippen molar-refractivity contribution in [3.8, 4) is 5.75 Å². The maximum absolute atomic E-state index is 10.7. The van der Waals surface area contributed by atoms with E-state index in [4.69, 9.17) is 33.0 Å². The lowest BCUT2D eigenvalue weighted by Gasteiger charge is -2.12. The quantitative estimate of drug-likeness (QED) is 0.717. The lowest BCUT2D eigenvalue weighted by Crippen LogP contribution is -2.12. The molecule has 1 fully saturated rings. The summed E-state index contributed by atoms with van der Waals surface area (Å²) in [6.45, 7) is 0.551. The molecule has 0 saturated heterocycles. The zero-order chi connectivity index (χ0) is 14.6. The Bertz CT molecular complexity index is 489. The molecule has 0 aliphatic heterocycles. The average Bonchev–Trinajstić information content (AvgIpc) is 3.10. The molecule has 0 aromatic heterocycles. The van der Waals surface area contributed by atoms with E-state index >= 15 is 0 Å². The summed E-state index contributed by atoms with van der Waals surface area (Å²) >= 11 is 13.5. The standard InChI is InChI=1S/C14H16Cl2O3S/c15-10-1-2-12(11(16)7-10)19-5-6-20-9-14(3-4-14)8-13(17)18/h1-2,7H,3-6,8-9H2,(H,17,18). The maximum atomic E-state index is 10.7. The zero-order valence-electron chi connectivity index (χ0n) is 10.9. The lowest BCUT2D eigenvalue weighted by molar-refractivity contribution is -0.138. The van der Waals surface area contributed by atoms with Crippen molar-refractivity contribution in [3.05, 3.63) is 28.2 Å². The van der Waals surface area contributed by atoms with Gasteiger partial charge in [-0.05, 0) is 42.2 Å². The van der Waals surface area contributed by atoms with Gasteiger partial charge in [0.25, 0.3) is 0 Å². The number of carboxylic acids is 1. The third-order valence-corrected chi connectivity index (χ3v) is 5.07. The van der Waals surface area contributed by atoms with Gasteiger partial charge in [-0.1, -0.05) is 23.2 Å². The fraction of sp³-hybridized carbons (Fsp3) is 0.500. The number of hydrogen-bond donors (Lipinski definition) is 1. The van der Waals surface area contributed by atoms with Crippen molar-refractivity contribution in [2.75, 3.05) is 18.1 Å². The van der Waals surface area contributed by atoms with Gasteiger partial charge in [0, 0.05) is 10.8 Å². The molecule has 6 heteroatoms. The number of carbonyl (C=O) groups is 1. The van der Waals surface area contributed by atoms with Crippen LogP contribution in [0.4, 0.5) is 0 Å². The molecule has 1 saturated carbocycles. The van der Waals surface area contributed by atoms with Gasteiger partial charge >= 0.3 is 5.97 Å². The Morgan fingerprint density at radius 3 is 2.75 bits per heavy atom. The van der Waals surface area contributed by atoms with Gasteiger partial charge in [-0.2, -0.15) is 11.8 Å². The van der Waals surface area contributed by atoms with Crippen molar-refractivity contribution in [1.82, 2.24) is 0 Å². The summed E-state index contributed by atoms with van der Waals surface area (Å²) in [7, 11) is 0. The van der Waals surface area contributed by atoms with Gasteiger partial charge in [-0.25, -0.2) is 0 Å². The number of rotatable bonds is 8. The molecular weight excluding hydrogens is 319 g/mol. The minimum Gasteiger partial charge on any atom is -0.491 e. The number of thioether (sulfide) groups is 1. The van der Waals surface area contributed by atoms with Crippen molar-refractivity contribution in [1.29, 1.82) is 0 Å². The third-order valence-electron chi connectivity index (χ3n) is 3.27. The molecular formula is C14H16Cl2O3S. The molecule has 1 aromatic rings. The topological polar surface area (TPSA) is 46.5 Å². The molecule has 0 atom stereocenters. The molecule has 0 bridgehead atoms. The van der Waals surface area contributed by atoms with E-state index in [1.807, 2.05) is 0 Å².